The number of amidine groups is 1. The fraction of sp³-hybridized carbons (Fsp3) is 0.357. The maximum atomic E-state index is 11.5. The Morgan fingerprint density at radius 2 is 2.15 bits per heavy atom. The Balaban J connectivity index is 1.87. The third kappa shape index (κ3) is 4.38. The number of carbonyl (C=O) groups excluding carboxylic acids is 1. The molecule has 0 aromatic heterocycles. The molecular formula is C14H17N3OS2. The van der Waals surface area contributed by atoms with Crippen molar-refractivity contribution in [1.29, 1.82) is 0 Å². The zero-order valence-corrected chi connectivity index (χ0v) is 13.1. The van der Waals surface area contributed by atoms with Crippen molar-refractivity contribution in [3.05, 3.63) is 30.3 Å². The molecule has 1 atom stereocenters. The van der Waals surface area contributed by atoms with Crippen LogP contribution in [0.1, 0.15) is 20.3 Å². The van der Waals surface area contributed by atoms with E-state index in [1.165, 1.54) is 16.7 Å². The number of nitrogens with one attached hydrogen (secondary N) is 1. The molecule has 1 amide bonds. The van der Waals surface area contributed by atoms with E-state index in [2.05, 4.69) is 27.7 Å². The number of thioether (sulfide) groups is 2. The molecule has 1 N–H and O–H groups in total. The lowest BCUT2D eigenvalue weighted by Crippen LogP contribution is -2.24. The lowest BCUT2D eigenvalue weighted by Gasteiger charge is -1.99. The third-order valence-corrected chi connectivity index (χ3v) is 5.06. The van der Waals surface area contributed by atoms with Gasteiger partial charge in [-0.25, -0.2) is 0 Å². The first kappa shape index (κ1) is 15.1. The Hall–Kier alpha value is -1.27. The number of amides is 1. The predicted octanol–water partition coefficient (Wildman–Crippen LogP) is 3.15. The van der Waals surface area contributed by atoms with Crippen LogP contribution in [0.2, 0.25) is 0 Å². The van der Waals surface area contributed by atoms with Crippen molar-refractivity contribution in [2.24, 2.45) is 10.2 Å². The van der Waals surface area contributed by atoms with Gasteiger partial charge in [0.2, 0.25) is 5.91 Å². The molecule has 6 heteroatoms. The summed E-state index contributed by atoms with van der Waals surface area (Å²) in [4.78, 5) is 12.7. The van der Waals surface area contributed by atoms with Gasteiger partial charge in [-0.1, -0.05) is 36.9 Å². The van der Waals surface area contributed by atoms with Gasteiger partial charge in [0.15, 0.2) is 5.17 Å². The second kappa shape index (κ2) is 7.50. The first-order valence-electron chi connectivity index (χ1n) is 6.45. The van der Waals surface area contributed by atoms with E-state index in [-0.39, 0.29) is 11.2 Å². The number of hydrogen-bond donors (Lipinski definition) is 1. The van der Waals surface area contributed by atoms with Crippen LogP contribution in [0.15, 0.2) is 45.4 Å². The Labute approximate surface area is 127 Å². The minimum Gasteiger partial charge on any atom is -0.303 e. The lowest BCUT2D eigenvalue weighted by molar-refractivity contribution is -0.118. The summed E-state index contributed by atoms with van der Waals surface area (Å²) in [6.07, 6.45) is 0.808. The molecule has 20 heavy (non-hydrogen) atoms. The van der Waals surface area contributed by atoms with Gasteiger partial charge in [-0.15, -0.1) is 16.9 Å². The fourth-order valence-corrected chi connectivity index (χ4v) is 3.22. The van der Waals surface area contributed by atoms with Gasteiger partial charge in [0.1, 0.15) is 0 Å². The Morgan fingerprint density at radius 1 is 1.40 bits per heavy atom. The molecule has 1 unspecified atom stereocenters. The van der Waals surface area contributed by atoms with Crippen LogP contribution in [0.4, 0.5) is 0 Å². The maximum absolute atomic E-state index is 11.5. The molecule has 0 saturated carbocycles. The van der Waals surface area contributed by atoms with E-state index >= 15 is 0 Å². The van der Waals surface area contributed by atoms with Gasteiger partial charge in [-0.05, 0) is 25.5 Å². The van der Waals surface area contributed by atoms with Crippen molar-refractivity contribution in [3.8, 4) is 0 Å². The minimum atomic E-state index is -0.0250. The highest BCUT2D eigenvalue weighted by Gasteiger charge is 2.28. The van der Waals surface area contributed by atoms with Gasteiger partial charge in [-0.2, -0.15) is 5.10 Å². The second-order valence-electron chi connectivity index (χ2n) is 4.35. The molecule has 1 aromatic carbocycles. The van der Waals surface area contributed by atoms with E-state index < -0.39 is 0 Å². The molecule has 2 rings (SSSR count). The van der Waals surface area contributed by atoms with Gasteiger partial charge < -0.3 is 5.32 Å². The third-order valence-electron chi connectivity index (χ3n) is 2.65. The summed E-state index contributed by atoms with van der Waals surface area (Å²) >= 11 is 3.17. The van der Waals surface area contributed by atoms with Crippen LogP contribution in [0.3, 0.4) is 0 Å². The molecular weight excluding hydrogens is 290 g/mol. The number of carbonyl (C=O) groups is 1. The van der Waals surface area contributed by atoms with Crippen LogP contribution in [-0.4, -0.2) is 27.8 Å². The molecule has 0 aliphatic carbocycles. The monoisotopic (exact) mass is 307 g/mol. The zero-order valence-electron chi connectivity index (χ0n) is 11.5. The molecule has 0 spiro atoms. The van der Waals surface area contributed by atoms with Crippen LogP contribution in [0, 0.1) is 0 Å². The van der Waals surface area contributed by atoms with Crippen molar-refractivity contribution < 1.29 is 4.79 Å². The number of nitrogens with zero attached hydrogens (tertiary/aromatic N) is 2. The van der Waals surface area contributed by atoms with Crippen molar-refractivity contribution in [1.82, 2.24) is 5.32 Å². The standard InChI is InChI=1S/C14H17N3OS2/c1-3-12-13(18)15-14(20-12)17-16-10(2)9-19-11-7-5-4-6-8-11/h4-8,12H,3,9H2,1-2H3,(H,15,17,18)/b16-10+. The quantitative estimate of drug-likeness (QED) is 0.516. The van der Waals surface area contributed by atoms with Crippen molar-refractivity contribution in [2.75, 3.05) is 5.75 Å². The summed E-state index contributed by atoms with van der Waals surface area (Å²) in [5, 5.41) is 11.6. The highest BCUT2D eigenvalue weighted by atomic mass is 32.2. The van der Waals surface area contributed by atoms with Crippen molar-refractivity contribution >= 4 is 40.3 Å². The van der Waals surface area contributed by atoms with E-state index in [1.54, 1.807) is 11.8 Å². The Bertz CT molecular complexity index is 528. The van der Waals surface area contributed by atoms with Gasteiger partial charge in [0.05, 0.1) is 5.25 Å². The van der Waals surface area contributed by atoms with Crippen LogP contribution >= 0.6 is 23.5 Å². The van der Waals surface area contributed by atoms with Gasteiger partial charge >= 0.3 is 0 Å². The molecule has 1 fully saturated rings. The highest BCUT2D eigenvalue weighted by Crippen LogP contribution is 2.22. The number of rotatable bonds is 5. The van der Waals surface area contributed by atoms with Crippen LogP contribution in [0.5, 0.6) is 0 Å². The average Bonchev–Trinajstić information content (AvgIpc) is 2.84. The number of benzene rings is 1. The van der Waals surface area contributed by atoms with Crippen LogP contribution in [-0.2, 0) is 4.79 Å². The summed E-state index contributed by atoms with van der Waals surface area (Å²) in [6.45, 7) is 3.93. The summed E-state index contributed by atoms with van der Waals surface area (Å²) < 4.78 is 0. The normalized spacial score (nSPS) is 21.3. The molecule has 1 aliphatic rings. The fourth-order valence-electron chi connectivity index (χ4n) is 1.59. The largest absolute Gasteiger partial charge is 0.303 e. The molecule has 0 bridgehead atoms. The molecule has 1 heterocycles. The van der Waals surface area contributed by atoms with E-state index in [4.69, 9.17) is 0 Å². The first-order valence-corrected chi connectivity index (χ1v) is 8.32. The van der Waals surface area contributed by atoms with E-state index in [1.807, 2.05) is 32.0 Å². The smallest absolute Gasteiger partial charge is 0.239 e. The zero-order chi connectivity index (χ0) is 14.4. The van der Waals surface area contributed by atoms with Gasteiger partial charge in [0.25, 0.3) is 0 Å². The van der Waals surface area contributed by atoms with E-state index in [0.29, 0.717) is 5.17 Å². The summed E-state index contributed by atoms with van der Waals surface area (Å²) in [6, 6.07) is 10.2. The van der Waals surface area contributed by atoms with E-state index in [0.717, 1.165) is 17.9 Å². The minimum absolute atomic E-state index is 0.0250. The molecule has 4 nitrogen and oxygen atoms in total. The van der Waals surface area contributed by atoms with Crippen molar-refractivity contribution in [2.45, 2.75) is 30.4 Å². The summed E-state index contributed by atoms with van der Waals surface area (Å²) in [5.74, 6) is 0.819. The maximum Gasteiger partial charge on any atom is 0.239 e. The SMILES string of the molecule is CCC1S/C(=N\N=C(/C)CSc2ccccc2)NC1=O. The second-order valence-corrected chi connectivity index (χ2v) is 6.59. The Kier molecular flexibility index (Phi) is 5.67. The summed E-state index contributed by atoms with van der Waals surface area (Å²) in [7, 11) is 0. The van der Waals surface area contributed by atoms with Crippen LogP contribution in [0.25, 0.3) is 0 Å². The Morgan fingerprint density at radius 3 is 2.80 bits per heavy atom. The highest BCUT2D eigenvalue weighted by molar-refractivity contribution is 8.15. The first-order chi connectivity index (χ1) is 9.69. The molecule has 0 radical (unpaired) electrons. The van der Waals surface area contributed by atoms with Gasteiger partial charge in [-0.3, -0.25) is 4.79 Å². The topological polar surface area (TPSA) is 53.8 Å². The predicted molar refractivity (Wildman–Crippen MR) is 87.5 cm³/mol. The average molecular weight is 307 g/mol. The van der Waals surface area contributed by atoms with Gasteiger partial charge in [0, 0.05) is 16.4 Å². The lowest BCUT2D eigenvalue weighted by atomic mass is 10.3. The molecule has 106 valence electrons. The number of hydrogen-bond acceptors (Lipinski definition) is 5. The summed E-state index contributed by atoms with van der Waals surface area (Å²) in [5.41, 5.74) is 0.932. The molecule has 1 saturated heterocycles. The van der Waals surface area contributed by atoms with Crippen LogP contribution < -0.4 is 5.32 Å². The molecule has 1 aliphatic heterocycles. The van der Waals surface area contributed by atoms with E-state index in [9.17, 15) is 4.79 Å². The van der Waals surface area contributed by atoms with Crippen molar-refractivity contribution in [3.63, 3.8) is 0 Å². The molecule has 1 aromatic rings.